The molecule has 15 heavy (non-hydrogen) atoms. The van der Waals surface area contributed by atoms with Crippen molar-refractivity contribution in [2.24, 2.45) is 0 Å². The van der Waals surface area contributed by atoms with E-state index >= 15 is 0 Å². The van der Waals surface area contributed by atoms with Gasteiger partial charge in [-0.05, 0) is 34.1 Å². The number of alkyl halides is 1. The molecule has 1 heterocycles. The molecular formula is C11H22BIO2. The second kappa shape index (κ2) is 4.92. The standard InChI is InChI=1S/C11H22BIO2/c1-6-7-8-9(13)12-14-10(2,3)11(4,5)15-12/h9H,6-8H2,1-5H3. The fraction of sp³-hybridized carbons (Fsp3) is 1.00. The van der Waals surface area contributed by atoms with Gasteiger partial charge in [0, 0.05) is 3.82 Å². The van der Waals surface area contributed by atoms with E-state index in [9.17, 15) is 0 Å². The van der Waals surface area contributed by atoms with E-state index in [-0.39, 0.29) is 18.3 Å². The van der Waals surface area contributed by atoms with Crippen molar-refractivity contribution in [3.8, 4) is 0 Å². The van der Waals surface area contributed by atoms with E-state index in [0.29, 0.717) is 3.82 Å². The van der Waals surface area contributed by atoms with E-state index in [1.165, 1.54) is 19.3 Å². The summed E-state index contributed by atoms with van der Waals surface area (Å²) in [5.41, 5.74) is -0.374. The highest BCUT2D eigenvalue weighted by atomic mass is 127. The van der Waals surface area contributed by atoms with Gasteiger partial charge in [-0.25, -0.2) is 0 Å². The molecule has 1 atom stereocenters. The van der Waals surface area contributed by atoms with Gasteiger partial charge in [-0.1, -0.05) is 42.4 Å². The summed E-state index contributed by atoms with van der Waals surface area (Å²) < 4.78 is 12.4. The first kappa shape index (κ1) is 13.8. The van der Waals surface area contributed by atoms with E-state index in [2.05, 4.69) is 57.2 Å². The van der Waals surface area contributed by atoms with Crippen LogP contribution in [-0.2, 0) is 9.31 Å². The molecular weight excluding hydrogens is 302 g/mol. The van der Waals surface area contributed by atoms with Gasteiger partial charge in [0.05, 0.1) is 11.2 Å². The van der Waals surface area contributed by atoms with Crippen LogP contribution in [-0.4, -0.2) is 22.1 Å². The maximum Gasteiger partial charge on any atom is 0.471 e. The van der Waals surface area contributed by atoms with Crippen molar-refractivity contribution in [1.29, 1.82) is 0 Å². The maximum atomic E-state index is 5.99. The number of hydrogen-bond acceptors (Lipinski definition) is 2. The lowest BCUT2D eigenvalue weighted by Gasteiger charge is -2.32. The Labute approximate surface area is 108 Å². The lowest BCUT2D eigenvalue weighted by Crippen LogP contribution is -2.41. The molecule has 0 radical (unpaired) electrons. The average molecular weight is 324 g/mol. The van der Waals surface area contributed by atoms with Crippen LogP contribution in [0.1, 0.15) is 53.9 Å². The highest BCUT2D eigenvalue weighted by Gasteiger charge is 2.52. The van der Waals surface area contributed by atoms with Crippen molar-refractivity contribution in [1.82, 2.24) is 0 Å². The van der Waals surface area contributed by atoms with E-state index in [0.717, 1.165) is 0 Å². The molecule has 0 aliphatic carbocycles. The van der Waals surface area contributed by atoms with Crippen LogP contribution in [0.4, 0.5) is 0 Å². The SMILES string of the molecule is CCCCC(I)B1OC(C)(C)C(C)(C)O1. The molecule has 2 nitrogen and oxygen atoms in total. The molecule has 1 unspecified atom stereocenters. The Morgan fingerprint density at radius 1 is 1.13 bits per heavy atom. The number of rotatable bonds is 4. The molecule has 1 rings (SSSR count). The lowest BCUT2D eigenvalue weighted by molar-refractivity contribution is 0.00578. The topological polar surface area (TPSA) is 18.5 Å². The van der Waals surface area contributed by atoms with E-state index in [1.807, 2.05) is 0 Å². The predicted molar refractivity (Wildman–Crippen MR) is 73.4 cm³/mol. The zero-order chi connectivity index (χ0) is 11.7. The van der Waals surface area contributed by atoms with E-state index in [4.69, 9.17) is 9.31 Å². The smallest absolute Gasteiger partial charge is 0.403 e. The quantitative estimate of drug-likeness (QED) is 0.447. The molecule has 0 bridgehead atoms. The van der Waals surface area contributed by atoms with Gasteiger partial charge in [0.2, 0.25) is 0 Å². The molecule has 0 spiro atoms. The summed E-state index contributed by atoms with van der Waals surface area (Å²) in [5, 5.41) is 0. The van der Waals surface area contributed by atoms with Crippen molar-refractivity contribution in [3.63, 3.8) is 0 Å². The third-order valence-corrected chi connectivity index (χ3v) is 4.61. The Balaban J connectivity index is 2.54. The minimum atomic E-state index is -0.187. The Kier molecular flexibility index (Phi) is 4.52. The van der Waals surface area contributed by atoms with Crippen LogP contribution in [0, 0.1) is 0 Å². The predicted octanol–water partition coefficient (Wildman–Crippen LogP) is 3.61. The third kappa shape index (κ3) is 3.10. The Hall–Kier alpha value is 0.715. The summed E-state index contributed by atoms with van der Waals surface area (Å²) in [6.45, 7) is 10.6. The molecule has 0 aromatic rings. The fourth-order valence-electron chi connectivity index (χ4n) is 1.57. The summed E-state index contributed by atoms with van der Waals surface area (Å²) >= 11 is 2.45. The normalized spacial score (nSPS) is 25.6. The fourth-order valence-corrected chi connectivity index (χ4v) is 2.31. The van der Waals surface area contributed by atoms with Crippen LogP contribution in [0.5, 0.6) is 0 Å². The van der Waals surface area contributed by atoms with Gasteiger partial charge >= 0.3 is 7.12 Å². The van der Waals surface area contributed by atoms with Gasteiger partial charge in [-0.2, -0.15) is 0 Å². The van der Waals surface area contributed by atoms with Crippen LogP contribution >= 0.6 is 22.6 Å². The van der Waals surface area contributed by atoms with Crippen LogP contribution in [0.3, 0.4) is 0 Å². The first-order chi connectivity index (χ1) is 6.80. The largest absolute Gasteiger partial charge is 0.471 e. The van der Waals surface area contributed by atoms with Gasteiger partial charge in [0.15, 0.2) is 0 Å². The molecule has 88 valence electrons. The first-order valence-electron chi connectivity index (χ1n) is 5.80. The second-order valence-corrected chi connectivity index (χ2v) is 6.88. The highest BCUT2D eigenvalue weighted by molar-refractivity contribution is 14.1. The molecule has 0 saturated carbocycles. The van der Waals surface area contributed by atoms with E-state index in [1.54, 1.807) is 0 Å². The van der Waals surface area contributed by atoms with Gasteiger partial charge in [0.1, 0.15) is 0 Å². The molecule has 0 aromatic carbocycles. The minimum Gasteiger partial charge on any atom is -0.403 e. The Morgan fingerprint density at radius 3 is 2.00 bits per heavy atom. The molecule has 1 aliphatic rings. The highest BCUT2D eigenvalue weighted by Crippen LogP contribution is 2.39. The third-order valence-electron chi connectivity index (χ3n) is 3.40. The molecule has 0 amide bonds. The minimum absolute atomic E-state index is 0.0397. The maximum absolute atomic E-state index is 5.99. The lowest BCUT2D eigenvalue weighted by atomic mass is 9.82. The van der Waals surface area contributed by atoms with Crippen LogP contribution < -0.4 is 0 Å². The molecule has 1 aliphatic heterocycles. The van der Waals surface area contributed by atoms with Crippen molar-refractivity contribution in [2.45, 2.75) is 68.9 Å². The Bertz CT molecular complexity index is 203. The van der Waals surface area contributed by atoms with Crippen LogP contribution in [0.15, 0.2) is 0 Å². The van der Waals surface area contributed by atoms with E-state index < -0.39 is 0 Å². The van der Waals surface area contributed by atoms with Gasteiger partial charge in [-0.15, -0.1) is 0 Å². The van der Waals surface area contributed by atoms with Crippen molar-refractivity contribution >= 4 is 29.7 Å². The zero-order valence-corrected chi connectivity index (χ0v) is 12.6. The van der Waals surface area contributed by atoms with Crippen molar-refractivity contribution < 1.29 is 9.31 Å². The molecule has 0 aromatic heterocycles. The summed E-state index contributed by atoms with van der Waals surface area (Å²) in [7, 11) is -0.0397. The average Bonchev–Trinajstić information content (AvgIpc) is 2.32. The van der Waals surface area contributed by atoms with Crippen molar-refractivity contribution in [3.05, 3.63) is 0 Å². The monoisotopic (exact) mass is 324 g/mol. The summed E-state index contributed by atoms with van der Waals surface area (Å²) in [6.07, 6.45) is 3.66. The van der Waals surface area contributed by atoms with Gasteiger partial charge < -0.3 is 9.31 Å². The van der Waals surface area contributed by atoms with Gasteiger partial charge in [-0.3, -0.25) is 0 Å². The summed E-state index contributed by atoms with van der Waals surface area (Å²) in [6, 6.07) is 0. The molecule has 0 N–H and O–H groups in total. The molecule has 1 saturated heterocycles. The molecule has 4 heteroatoms. The molecule has 1 fully saturated rings. The number of unbranched alkanes of at least 4 members (excludes halogenated alkanes) is 1. The zero-order valence-electron chi connectivity index (χ0n) is 10.5. The van der Waals surface area contributed by atoms with Crippen LogP contribution in [0.2, 0.25) is 0 Å². The van der Waals surface area contributed by atoms with Crippen molar-refractivity contribution in [2.75, 3.05) is 0 Å². The van der Waals surface area contributed by atoms with Crippen LogP contribution in [0.25, 0.3) is 0 Å². The number of halogens is 1. The summed E-state index contributed by atoms with van der Waals surface area (Å²) in [5.74, 6) is 0. The number of hydrogen-bond donors (Lipinski definition) is 0. The Morgan fingerprint density at radius 2 is 1.60 bits per heavy atom. The second-order valence-electron chi connectivity index (χ2n) is 5.28. The first-order valence-corrected chi connectivity index (χ1v) is 7.04. The van der Waals surface area contributed by atoms with Gasteiger partial charge in [0.25, 0.3) is 0 Å². The summed E-state index contributed by atoms with van der Waals surface area (Å²) in [4.78, 5) is 0.